The molecule has 0 fully saturated rings. The number of rotatable bonds is 6. The molecule has 0 aliphatic carbocycles. The first-order chi connectivity index (χ1) is 16.3. The van der Waals surface area contributed by atoms with Gasteiger partial charge in [0.05, 0.1) is 0 Å². The Morgan fingerprint density at radius 1 is 0.676 bits per heavy atom. The highest BCUT2D eigenvalue weighted by atomic mass is 31.1. The molecule has 1 atom stereocenters. The van der Waals surface area contributed by atoms with Gasteiger partial charge in [-0.15, -0.1) is 9.24 Å². The first-order valence-corrected chi connectivity index (χ1v) is 14.4. The zero-order valence-electron chi connectivity index (χ0n) is 21.1. The van der Waals surface area contributed by atoms with Crippen LogP contribution in [0.3, 0.4) is 0 Å². The quantitative estimate of drug-likeness (QED) is 0.243. The van der Waals surface area contributed by atoms with E-state index in [-0.39, 0.29) is 5.41 Å². The van der Waals surface area contributed by atoms with Gasteiger partial charge in [0.2, 0.25) is 0 Å². The molecule has 0 aromatic heterocycles. The van der Waals surface area contributed by atoms with Crippen molar-refractivity contribution >= 4 is 27.8 Å². The molecule has 0 nitrogen and oxygen atoms in total. The van der Waals surface area contributed by atoms with Crippen molar-refractivity contribution in [1.82, 2.24) is 0 Å². The van der Waals surface area contributed by atoms with Crippen LogP contribution < -0.4 is 10.6 Å². The summed E-state index contributed by atoms with van der Waals surface area (Å²) < 4.78 is 0. The average Bonchev–Trinajstić information content (AvgIpc) is 2.83. The van der Waals surface area contributed by atoms with Gasteiger partial charge >= 0.3 is 0 Å². The Kier molecular flexibility index (Phi) is 7.72. The summed E-state index contributed by atoms with van der Waals surface area (Å²) in [5.41, 5.74) is 9.96. The zero-order chi connectivity index (χ0) is 24.3. The molecule has 34 heavy (non-hydrogen) atoms. The summed E-state index contributed by atoms with van der Waals surface area (Å²) in [5, 5.41) is 2.98. The van der Waals surface area contributed by atoms with Crippen molar-refractivity contribution in [2.75, 3.05) is 0 Å². The minimum Gasteiger partial charge on any atom is -0.133 e. The molecule has 0 aliphatic rings. The van der Waals surface area contributed by atoms with E-state index >= 15 is 0 Å². The molecule has 0 saturated heterocycles. The van der Waals surface area contributed by atoms with E-state index < -0.39 is 7.92 Å². The number of hydrogen-bond donors (Lipinski definition) is 0. The fraction of sp³-hybridized carbons (Fsp3) is 0.250. The molecule has 4 aromatic rings. The third-order valence-corrected chi connectivity index (χ3v) is 9.83. The number of benzene rings is 4. The SMILES string of the molecule is Cc1ccccc1P(Cc1c(CP)ccc(-c2ccccc2)c1C(C)(C)C)c1ccccc1C. The van der Waals surface area contributed by atoms with Gasteiger partial charge in [-0.2, -0.15) is 0 Å². The van der Waals surface area contributed by atoms with Gasteiger partial charge < -0.3 is 0 Å². The molecule has 0 bridgehead atoms. The molecule has 0 heterocycles. The van der Waals surface area contributed by atoms with E-state index in [2.05, 4.69) is 135 Å². The van der Waals surface area contributed by atoms with Gasteiger partial charge in [-0.1, -0.05) is 112 Å². The summed E-state index contributed by atoms with van der Waals surface area (Å²) in [4.78, 5) is 0. The fourth-order valence-electron chi connectivity index (χ4n) is 4.97. The van der Waals surface area contributed by atoms with Crippen LogP contribution in [0.2, 0.25) is 0 Å². The van der Waals surface area contributed by atoms with Crippen molar-refractivity contribution in [1.29, 1.82) is 0 Å². The Morgan fingerprint density at radius 2 is 1.21 bits per heavy atom. The lowest BCUT2D eigenvalue weighted by Crippen LogP contribution is -2.22. The molecular formula is C32H36P2. The first kappa shape index (κ1) is 24.9. The molecule has 4 rings (SSSR count). The van der Waals surface area contributed by atoms with Gasteiger partial charge in [0.15, 0.2) is 0 Å². The third kappa shape index (κ3) is 5.20. The highest BCUT2D eigenvalue weighted by molar-refractivity contribution is 7.72. The maximum absolute atomic E-state index is 2.98. The first-order valence-electron chi connectivity index (χ1n) is 12.1. The van der Waals surface area contributed by atoms with Gasteiger partial charge in [-0.25, -0.2) is 0 Å². The Bertz CT molecular complexity index is 1220. The Morgan fingerprint density at radius 3 is 1.71 bits per heavy atom. The van der Waals surface area contributed by atoms with Crippen molar-refractivity contribution < 1.29 is 0 Å². The molecule has 4 aromatic carbocycles. The maximum atomic E-state index is 2.98. The lowest BCUT2D eigenvalue weighted by Gasteiger charge is -2.31. The second-order valence-electron chi connectivity index (χ2n) is 10.1. The molecule has 1 unspecified atom stereocenters. The zero-order valence-corrected chi connectivity index (χ0v) is 23.1. The Hall–Kier alpha value is -2.26. The second kappa shape index (κ2) is 10.6. The van der Waals surface area contributed by atoms with E-state index in [1.807, 2.05) is 0 Å². The highest BCUT2D eigenvalue weighted by Crippen LogP contribution is 2.46. The maximum Gasteiger partial charge on any atom is 0.00136 e. The normalized spacial score (nSPS) is 11.7. The van der Waals surface area contributed by atoms with Crippen LogP contribution in [0.4, 0.5) is 0 Å². The summed E-state index contributed by atoms with van der Waals surface area (Å²) in [6.45, 7) is 11.6. The van der Waals surface area contributed by atoms with Crippen LogP contribution >= 0.6 is 17.2 Å². The summed E-state index contributed by atoms with van der Waals surface area (Å²) in [6.07, 6.45) is 2.03. The van der Waals surface area contributed by atoms with Crippen LogP contribution in [-0.4, -0.2) is 0 Å². The van der Waals surface area contributed by atoms with Gasteiger partial charge in [0, 0.05) is 6.16 Å². The van der Waals surface area contributed by atoms with Crippen molar-refractivity contribution in [3.05, 3.63) is 119 Å². The van der Waals surface area contributed by atoms with E-state index in [0.29, 0.717) is 0 Å². The number of aryl methyl sites for hydroxylation is 2. The van der Waals surface area contributed by atoms with Gasteiger partial charge in [0.25, 0.3) is 0 Å². The van der Waals surface area contributed by atoms with Gasteiger partial charge in [-0.3, -0.25) is 0 Å². The van der Waals surface area contributed by atoms with Crippen LogP contribution in [0, 0.1) is 13.8 Å². The largest absolute Gasteiger partial charge is 0.133 e. The monoisotopic (exact) mass is 482 g/mol. The summed E-state index contributed by atoms with van der Waals surface area (Å²) in [6, 6.07) is 33.6. The topological polar surface area (TPSA) is 0 Å². The van der Waals surface area contributed by atoms with E-state index in [1.54, 1.807) is 0 Å². The minimum atomic E-state index is -0.545. The van der Waals surface area contributed by atoms with Crippen molar-refractivity contribution in [3.8, 4) is 11.1 Å². The molecule has 0 amide bonds. The summed E-state index contributed by atoms with van der Waals surface area (Å²) in [7, 11) is 2.44. The van der Waals surface area contributed by atoms with Crippen LogP contribution in [0.25, 0.3) is 11.1 Å². The van der Waals surface area contributed by atoms with Gasteiger partial charge in [0.1, 0.15) is 0 Å². The molecule has 174 valence electrons. The van der Waals surface area contributed by atoms with Crippen LogP contribution in [-0.2, 0) is 17.7 Å². The fourth-order valence-corrected chi connectivity index (χ4v) is 8.16. The Balaban J connectivity index is 1.98. The van der Waals surface area contributed by atoms with Crippen molar-refractivity contribution in [2.24, 2.45) is 0 Å². The summed E-state index contributed by atoms with van der Waals surface area (Å²) >= 11 is 0. The lowest BCUT2D eigenvalue weighted by atomic mass is 9.78. The standard InChI is InChI=1S/C32H36P2/c1-23-13-9-11-17-29(23)34(30-18-12-10-14-24(30)2)22-28-26(21-33)19-20-27(31(28)32(3,4)5)25-15-7-6-8-16-25/h6-20H,21-22,33H2,1-5H3. The van der Waals surface area contributed by atoms with Crippen LogP contribution in [0.1, 0.15) is 48.6 Å². The van der Waals surface area contributed by atoms with Crippen molar-refractivity contribution in [3.63, 3.8) is 0 Å². The van der Waals surface area contributed by atoms with Gasteiger partial charge in [-0.05, 0) is 82.9 Å². The smallest absolute Gasteiger partial charge is 0.00136 e. The summed E-state index contributed by atoms with van der Waals surface area (Å²) in [5.74, 6) is 0. The molecule has 2 heteroatoms. The van der Waals surface area contributed by atoms with Crippen molar-refractivity contribution in [2.45, 2.75) is 52.4 Å². The molecule has 0 radical (unpaired) electrons. The highest BCUT2D eigenvalue weighted by Gasteiger charge is 2.28. The third-order valence-electron chi connectivity index (χ3n) is 6.59. The second-order valence-corrected chi connectivity index (χ2v) is 12.6. The molecular weight excluding hydrogens is 446 g/mol. The number of hydrogen-bond acceptors (Lipinski definition) is 0. The van der Waals surface area contributed by atoms with E-state index in [4.69, 9.17) is 0 Å². The van der Waals surface area contributed by atoms with E-state index in [9.17, 15) is 0 Å². The molecule has 0 aliphatic heterocycles. The predicted molar refractivity (Wildman–Crippen MR) is 156 cm³/mol. The molecule has 0 saturated carbocycles. The molecule has 0 spiro atoms. The van der Waals surface area contributed by atoms with E-state index in [0.717, 1.165) is 12.3 Å². The minimum absolute atomic E-state index is 0.0365. The lowest BCUT2D eigenvalue weighted by molar-refractivity contribution is 0.586. The van der Waals surface area contributed by atoms with E-state index in [1.165, 1.54) is 49.6 Å². The predicted octanol–water partition coefficient (Wildman–Crippen LogP) is 8.28. The Labute approximate surface area is 209 Å². The van der Waals surface area contributed by atoms with Crippen LogP contribution in [0.5, 0.6) is 0 Å². The molecule has 0 N–H and O–H groups in total. The average molecular weight is 483 g/mol. The van der Waals surface area contributed by atoms with Crippen LogP contribution in [0.15, 0.2) is 91.0 Å².